The summed E-state index contributed by atoms with van der Waals surface area (Å²) in [5.74, 6) is -1.93. The molecular formula is C17H14N2O5S. The summed E-state index contributed by atoms with van der Waals surface area (Å²) in [7, 11) is 0. The molecule has 0 atom stereocenters. The number of benzene rings is 1. The molecule has 7 nitrogen and oxygen atoms in total. The van der Waals surface area contributed by atoms with Gasteiger partial charge < -0.3 is 10.2 Å². The van der Waals surface area contributed by atoms with Crippen LogP contribution in [0.1, 0.15) is 22.3 Å². The molecule has 2 N–H and O–H groups in total. The second-order valence-corrected chi connectivity index (χ2v) is 6.39. The summed E-state index contributed by atoms with van der Waals surface area (Å²) in [5.41, 5.74) is 1.05. The van der Waals surface area contributed by atoms with Gasteiger partial charge in [0.05, 0.1) is 17.4 Å². The van der Waals surface area contributed by atoms with Gasteiger partial charge in [-0.2, -0.15) is 0 Å². The third kappa shape index (κ3) is 3.16. The number of aliphatic carboxylic acids is 1. The van der Waals surface area contributed by atoms with Crippen molar-refractivity contribution in [2.75, 3.05) is 0 Å². The maximum absolute atomic E-state index is 12.9. The number of thiophene rings is 1. The minimum Gasteiger partial charge on any atom is -0.481 e. The van der Waals surface area contributed by atoms with Gasteiger partial charge in [0.2, 0.25) is 0 Å². The van der Waals surface area contributed by atoms with Crippen LogP contribution in [-0.4, -0.2) is 31.7 Å². The Bertz CT molecular complexity index is 1030. The fraction of sp³-hybridized carbons (Fsp3) is 0.176. The number of aryl methyl sites for hydroxylation is 1. The van der Waals surface area contributed by atoms with E-state index in [4.69, 9.17) is 5.11 Å². The minimum absolute atomic E-state index is 0.0127. The highest BCUT2D eigenvalue weighted by Gasteiger charge is 2.20. The Balaban J connectivity index is 2.29. The second-order valence-electron chi connectivity index (χ2n) is 5.54. The number of rotatable bonds is 5. The van der Waals surface area contributed by atoms with Crippen LogP contribution in [-0.2, 0) is 11.3 Å². The Morgan fingerprint density at radius 3 is 2.48 bits per heavy atom. The van der Waals surface area contributed by atoms with Crippen LogP contribution in [0.15, 0.2) is 34.4 Å². The highest BCUT2D eigenvalue weighted by molar-refractivity contribution is 7.17. The number of fused-ring (bicyclic) bond motifs is 1. The van der Waals surface area contributed by atoms with Crippen molar-refractivity contribution in [3.05, 3.63) is 51.1 Å². The van der Waals surface area contributed by atoms with E-state index in [0.29, 0.717) is 16.2 Å². The molecule has 0 amide bonds. The van der Waals surface area contributed by atoms with Gasteiger partial charge in [0.25, 0.3) is 5.56 Å². The first-order chi connectivity index (χ1) is 11.9. The average molecular weight is 358 g/mol. The zero-order valence-electron chi connectivity index (χ0n) is 13.2. The Kier molecular flexibility index (Phi) is 4.37. The Morgan fingerprint density at radius 2 is 1.88 bits per heavy atom. The second kappa shape index (κ2) is 6.48. The first-order valence-electron chi connectivity index (χ1n) is 7.42. The quantitative estimate of drug-likeness (QED) is 0.725. The fourth-order valence-electron chi connectivity index (χ4n) is 2.52. The molecule has 0 aliphatic rings. The minimum atomic E-state index is -1.21. The lowest BCUT2D eigenvalue weighted by molar-refractivity contribution is -0.137. The molecule has 8 heteroatoms. The molecule has 0 fully saturated rings. The van der Waals surface area contributed by atoms with Gasteiger partial charge in [-0.1, -0.05) is 29.8 Å². The predicted octanol–water partition coefficient (Wildman–Crippen LogP) is 2.61. The van der Waals surface area contributed by atoms with Crippen LogP contribution in [0.5, 0.6) is 0 Å². The van der Waals surface area contributed by atoms with Gasteiger partial charge in [-0.05, 0) is 6.92 Å². The Hall–Kier alpha value is -3.00. The van der Waals surface area contributed by atoms with Gasteiger partial charge in [0, 0.05) is 17.5 Å². The maximum Gasteiger partial charge on any atom is 0.337 e. The van der Waals surface area contributed by atoms with Gasteiger partial charge in [-0.3, -0.25) is 14.2 Å². The molecule has 3 aromatic rings. The Labute approximate surface area is 145 Å². The van der Waals surface area contributed by atoms with E-state index in [-0.39, 0.29) is 23.9 Å². The van der Waals surface area contributed by atoms with Crippen molar-refractivity contribution >= 4 is 33.5 Å². The molecule has 0 spiro atoms. The van der Waals surface area contributed by atoms with E-state index < -0.39 is 17.5 Å². The lowest BCUT2D eigenvalue weighted by atomic mass is 10.1. The Morgan fingerprint density at radius 1 is 1.20 bits per heavy atom. The summed E-state index contributed by atoms with van der Waals surface area (Å²) in [5, 5.41) is 19.6. The molecule has 0 saturated carbocycles. The molecule has 25 heavy (non-hydrogen) atoms. The highest BCUT2D eigenvalue weighted by Crippen LogP contribution is 2.25. The van der Waals surface area contributed by atoms with E-state index in [1.165, 1.54) is 9.95 Å². The van der Waals surface area contributed by atoms with Gasteiger partial charge in [0.1, 0.15) is 10.7 Å². The molecule has 128 valence electrons. The number of carbonyl (C=O) groups is 2. The zero-order valence-corrected chi connectivity index (χ0v) is 14.0. The molecule has 3 rings (SSSR count). The van der Waals surface area contributed by atoms with Crippen molar-refractivity contribution in [3.8, 4) is 11.4 Å². The topological polar surface area (TPSA) is 109 Å². The summed E-state index contributed by atoms with van der Waals surface area (Å²) in [6, 6.07) is 7.33. The van der Waals surface area contributed by atoms with Crippen molar-refractivity contribution in [2.24, 2.45) is 0 Å². The third-order valence-electron chi connectivity index (χ3n) is 3.78. The van der Waals surface area contributed by atoms with E-state index in [9.17, 15) is 19.5 Å². The standard InChI is InChI=1S/C17H14N2O5S/c1-9-2-4-10(5-3-9)14-18-15-13(11(8-25-15)17(23)24)16(22)19(14)7-6-12(20)21/h2-5,8H,6-7H2,1H3,(H,20,21)(H,23,24). The molecule has 2 heterocycles. The number of nitrogens with zero attached hydrogens (tertiary/aromatic N) is 2. The van der Waals surface area contributed by atoms with Crippen LogP contribution in [0.25, 0.3) is 21.6 Å². The zero-order chi connectivity index (χ0) is 18.1. The molecule has 0 saturated heterocycles. The summed E-state index contributed by atoms with van der Waals surface area (Å²) in [4.78, 5) is 39.9. The summed E-state index contributed by atoms with van der Waals surface area (Å²) in [6.45, 7) is 1.84. The van der Waals surface area contributed by atoms with E-state index in [2.05, 4.69) is 4.98 Å². The van der Waals surface area contributed by atoms with Crippen LogP contribution in [0.2, 0.25) is 0 Å². The average Bonchev–Trinajstić information content (AvgIpc) is 2.99. The van der Waals surface area contributed by atoms with Gasteiger partial charge >= 0.3 is 11.9 Å². The van der Waals surface area contributed by atoms with Crippen LogP contribution in [0.4, 0.5) is 0 Å². The molecule has 0 aliphatic carbocycles. The molecule has 0 unspecified atom stereocenters. The molecule has 0 aliphatic heterocycles. The lowest BCUT2D eigenvalue weighted by Gasteiger charge is -2.12. The normalized spacial score (nSPS) is 10.9. The summed E-state index contributed by atoms with van der Waals surface area (Å²) < 4.78 is 1.24. The first kappa shape index (κ1) is 16.8. The summed E-state index contributed by atoms with van der Waals surface area (Å²) >= 11 is 1.08. The highest BCUT2D eigenvalue weighted by atomic mass is 32.1. The first-order valence-corrected chi connectivity index (χ1v) is 8.30. The van der Waals surface area contributed by atoms with Crippen molar-refractivity contribution in [1.82, 2.24) is 9.55 Å². The predicted molar refractivity (Wildman–Crippen MR) is 93.3 cm³/mol. The number of hydrogen-bond acceptors (Lipinski definition) is 5. The molecular weight excluding hydrogens is 344 g/mol. The molecule has 0 radical (unpaired) electrons. The van der Waals surface area contributed by atoms with Crippen LogP contribution >= 0.6 is 11.3 Å². The molecule has 0 bridgehead atoms. The van der Waals surface area contributed by atoms with E-state index in [1.54, 1.807) is 12.1 Å². The van der Waals surface area contributed by atoms with Gasteiger partial charge in [-0.25, -0.2) is 9.78 Å². The smallest absolute Gasteiger partial charge is 0.337 e. The van der Waals surface area contributed by atoms with Crippen LogP contribution in [0.3, 0.4) is 0 Å². The van der Waals surface area contributed by atoms with E-state index in [1.807, 2.05) is 19.1 Å². The van der Waals surface area contributed by atoms with Crippen molar-refractivity contribution in [1.29, 1.82) is 0 Å². The van der Waals surface area contributed by atoms with Crippen molar-refractivity contribution in [2.45, 2.75) is 19.9 Å². The number of carboxylic acids is 2. The number of aromatic carboxylic acids is 1. The van der Waals surface area contributed by atoms with Crippen molar-refractivity contribution < 1.29 is 19.8 Å². The van der Waals surface area contributed by atoms with Crippen LogP contribution < -0.4 is 5.56 Å². The molecule has 2 aromatic heterocycles. The van der Waals surface area contributed by atoms with E-state index >= 15 is 0 Å². The lowest BCUT2D eigenvalue weighted by Crippen LogP contribution is -2.25. The van der Waals surface area contributed by atoms with Crippen molar-refractivity contribution in [3.63, 3.8) is 0 Å². The largest absolute Gasteiger partial charge is 0.481 e. The number of hydrogen-bond donors (Lipinski definition) is 2. The number of aromatic nitrogens is 2. The molecule has 1 aromatic carbocycles. The van der Waals surface area contributed by atoms with E-state index in [0.717, 1.165) is 16.9 Å². The fourth-order valence-corrected chi connectivity index (χ4v) is 3.42. The third-order valence-corrected chi connectivity index (χ3v) is 4.66. The summed E-state index contributed by atoms with van der Waals surface area (Å²) in [6.07, 6.45) is -0.265. The van der Waals surface area contributed by atoms with Gasteiger partial charge in [-0.15, -0.1) is 11.3 Å². The number of carboxylic acid groups (broad SMARTS) is 2. The SMILES string of the molecule is Cc1ccc(-c2nc3scc(C(=O)O)c3c(=O)n2CCC(=O)O)cc1. The monoisotopic (exact) mass is 358 g/mol. The van der Waals surface area contributed by atoms with Crippen LogP contribution in [0, 0.1) is 6.92 Å². The van der Waals surface area contributed by atoms with Gasteiger partial charge in [0.15, 0.2) is 0 Å². The maximum atomic E-state index is 12.9.